The van der Waals surface area contributed by atoms with Crippen LogP contribution in [-0.2, 0) is 11.8 Å². The van der Waals surface area contributed by atoms with Gasteiger partial charge < -0.3 is 14.8 Å². The van der Waals surface area contributed by atoms with Gasteiger partial charge in [0.25, 0.3) is 5.92 Å². The number of hydrogen-bond donors (Lipinski definition) is 1. The Balaban J connectivity index is 1.29. The molecule has 0 radical (unpaired) electrons. The fraction of sp³-hybridized carbons (Fsp3) is 0.476. The topological polar surface area (TPSA) is 70.1 Å². The number of carbonyl (C=O) groups excluding carboxylic acids is 1. The lowest BCUT2D eigenvalue weighted by Gasteiger charge is -2.42. The number of halogens is 2. The van der Waals surface area contributed by atoms with E-state index >= 15 is 0 Å². The first-order valence-corrected chi connectivity index (χ1v) is 10.3. The zero-order chi connectivity index (χ0) is 20.6. The Morgan fingerprint density at radius 1 is 1.27 bits per heavy atom. The third kappa shape index (κ3) is 2.64. The van der Waals surface area contributed by atoms with Crippen molar-refractivity contribution < 1.29 is 13.6 Å². The predicted molar refractivity (Wildman–Crippen MR) is 107 cm³/mol. The van der Waals surface area contributed by atoms with E-state index in [9.17, 15) is 13.6 Å². The highest BCUT2D eigenvalue weighted by molar-refractivity contribution is 5.94. The van der Waals surface area contributed by atoms with E-state index in [0.29, 0.717) is 13.1 Å². The normalized spacial score (nSPS) is 27.1. The van der Waals surface area contributed by atoms with Gasteiger partial charge in [0.1, 0.15) is 11.6 Å². The van der Waals surface area contributed by atoms with Crippen molar-refractivity contribution in [3.63, 3.8) is 0 Å². The Labute approximate surface area is 171 Å². The number of rotatable bonds is 3. The average molecular weight is 412 g/mol. The third-order valence-corrected chi connectivity index (χ3v) is 6.73. The molecular formula is C21H22F2N6O. The van der Waals surface area contributed by atoms with Crippen LogP contribution in [-0.4, -0.2) is 61.7 Å². The SMILES string of the molecule is Cn1cc(-c2cc3c(N4CC5CCC(C4)N5C(=O)[C@@H]4CC4(F)F)ccnc3[nH]2)cn1. The maximum Gasteiger partial charge on any atom is 0.260 e. The zero-order valence-electron chi connectivity index (χ0n) is 16.6. The van der Waals surface area contributed by atoms with E-state index in [4.69, 9.17) is 0 Å². The number of hydrogen-bond acceptors (Lipinski definition) is 4. The quantitative estimate of drug-likeness (QED) is 0.718. The average Bonchev–Trinajstić information content (AvgIpc) is 3.09. The molecule has 2 unspecified atom stereocenters. The van der Waals surface area contributed by atoms with Crippen molar-refractivity contribution in [2.75, 3.05) is 18.0 Å². The van der Waals surface area contributed by atoms with Gasteiger partial charge in [0.15, 0.2) is 0 Å². The monoisotopic (exact) mass is 412 g/mol. The largest absolute Gasteiger partial charge is 0.367 e. The van der Waals surface area contributed by atoms with Crippen LogP contribution in [0.3, 0.4) is 0 Å². The maximum absolute atomic E-state index is 13.5. The second-order valence-electron chi connectivity index (χ2n) is 8.73. The molecule has 2 saturated heterocycles. The number of aromatic amines is 1. The van der Waals surface area contributed by atoms with Gasteiger partial charge in [-0.05, 0) is 25.0 Å². The van der Waals surface area contributed by atoms with Crippen molar-refractivity contribution in [2.24, 2.45) is 13.0 Å². The van der Waals surface area contributed by atoms with E-state index < -0.39 is 11.8 Å². The summed E-state index contributed by atoms with van der Waals surface area (Å²) in [4.78, 5) is 24.5. The Hall–Kier alpha value is -2.97. The molecule has 3 aromatic rings. The van der Waals surface area contributed by atoms with Gasteiger partial charge in [-0.3, -0.25) is 9.48 Å². The van der Waals surface area contributed by atoms with Crippen molar-refractivity contribution in [1.82, 2.24) is 24.6 Å². The number of alkyl halides is 2. The van der Waals surface area contributed by atoms with E-state index in [-0.39, 0.29) is 24.4 Å². The predicted octanol–water partition coefficient (Wildman–Crippen LogP) is 2.80. The minimum atomic E-state index is -2.81. The van der Waals surface area contributed by atoms with Gasteiger partial charge in [-0.15, -0.1) is 0 Å². The molecule has 3 fully saturated rings. The van der Waals surface area contributed by atoms with E-state index in [1.165, 1.54) is 0 Å². The number of nitrogens with zero attached hydrogens (tertiary/aromatic N) is 5. The molecule has 1 N–H and O–H groups in total. The molecule has 2 bridgehead atoms. The van der Waals surface area contributed by atoms with Crippen LogP contribution < -0.4 is 4.90 Å². The standard InChI is InChI=1S/C21H22F2N6O/c1-27-9-12(8-25-27)17-6-15-18(4-5-24-19(15)26-17)28-10-13-2-3-14(11-28)29(13)20(30)16-7-21(16,22)23/h4-6,8-9,13-14,16H,2-3,7,10-11H2,1H3,(H,24,26)/t13?,14?,16-/m0/s1. The number of nitrogens with one attached hydrogen (secondary N) is 1. The highest BCUT2D eigenvalue weighted by Gasteiger charge is 2.64. The highest BCUT2D eigenvalue weighted by Crippen LogP contribution is 2.51. The molecule has 9 heteroatoms. The molecule has 1 saturated carbocycles. The van der Waals surface area contributed by atoms with E-state index in [0.717, 1.165) is 40.8 Å². The van der Waals surface area contributed by atoms with Crippen LogP contribution >= 0.6 is 0 Å². The lowest BCUT2D eigenvalue weighted by atomic mass is 10.1. The molecule has 3 atom stereocenters. The Morgan fingerprint density at radius 3 is 2.63 bits per heavy atom. The lowest BCUT2D eigenvalue weighted by molar-refractivity contribution is -0.138. The Morgan fingerprint density at radius 2 is 2.00 bits per heavy atom. The lowest BCUT2D eigenvalue weighted by Crippen LogP contribution is -2.56. The van der Waals surface area contributed by atoms with Crippen LogP contribution in [0.5, 0.6) is 0 Å². The summed E-state index contributed by atoms with van der Waals surface area (Å²) in [6.07, 6.45) is 6.98. The number of pyridine rings is 1. The van der Waals surface area contributed by atoms with Gasteiger partial charge in [0.05, 0.1) is 11.9 Å². The molecule has 5 heterocycles. The number of amides is 1. The highest BCUT2D eigenvalue weighted by atomic mass is 19.3. The molecule has 6 rings (SSSR count). The van der Waals surface area contributed by atoms with Crippen molar-refractivity contribution in [3.8, 4) is 11.3 Å². The van der Waals surface area contributed by atoms with E-state index in [1.807, 2.05) is 25.5 Å². The van der Waals surface area contributed by atoms with Crippen LogP contribution in [0.4, 0.5) is 14.5 Å². The summed E-state index contributed by atoms with van der Waals surface area (Å²) in [5, 5.41) is 5.25. The minimum Gasteiger partial charge on any atom is -0.367 e. The number of aromatic nitrogens is 4. The van der Waals surface area contributed by atoms with Crippen molar-refractivity contribution >= 4 is 22.6 Å². The molecule has 3 aliphatic rings. The van der Waals surface area contributed by atoms with Gasteiger partial charge >= 0.3 is 0 Å². The molecule has 2 aliphatic heterocycles. The van der Waals surface area contributed by atoms with Crippen molar-refractivity contribution in [2.45, 2.75) is 37.3 Å². The van der Waals surface area contributed by atoms with E-state index in [1.54, 1.807) is 15.8 Å². The van der Waals surface area contributed by atoms with Crippen molar-refractivity contribution in [3.05, 3.63) is 30.7 Å². The molecule has 0 spiro atoms. The van der Waals surface area contributed by atoms with Gasteiger partial charge in [-0.25, -0.2) is 13.8 Å². The number of fused-ring (bicyclic) bond motifs is 3. The molecule has 1 amide bonds. The molecule has 3 aromatic heterocycles. The number of piperazine rings is 1. The number of carbonyl (C=O) groups is 1. The first-order chi connectivity index (χ1) is 14.4. The fourth-order valence-electron chi connectivity index (χ4n) is 5.13. The molecule has 1 aliphatic carbocycles. The number of anilines is 1. The molecule has 7 nitrogen and oxygen atoms in total. The van der Waals surface area contributed by atoms with Crippen LogP contribution in [0.2, 0.25) is 0 Å². The molecular weight excluding hydrogens is 390 g/mol. The molecule has 156 valence electrons. The summed E-state index contributed by atoms with van der Waals surface area (Å²) in [5.41, 5.74) is 3.80. The second-order valence-corrected chi connectivity index (χ2v) is 8.73. The van der Waals surface area contributed by atoms with Crippen LogP contribution in [0.15, 0.2) is 30.7 Å². The summed E-state index contributed by atoms with van der Waals surface area (Å²) in [5.74, 6) is -4.27. The van der Waals surface area contributed by atoms with Gasteiger partial charge in [-0.1, -0.05) is 0 Å². The number of H-pyrrole nitrogens is 1. The summed E-state index contributed by atoms with van der Waals surface area (Å²) >= 11 is 0. The summed E-state index contributed by atoms with van der Waals surface area (Å²) in [6.45, 7) is 1.32. The fourth-order valence-corrected chi connectivity index (χ4v) is 5.13. The van der Waals surface area contributed by atoms with Crippen LogP contribution in [0.25, 0.3) is 22.3 Å². The first kappa shape index (κ1) is 17.9. The molecule has 30 heavy (non-hydrogen) atoms. The smallest absolute Gasteiger partial charge is 0.260 e. The van der Waals surface area contributed by atoms with Gasteiger partial charge in [0.2, 0.25) is 5.91 Å². The summed E-state index contributed by atoms with van der Waals surface area (Å²) in [7, 11) is 1.88. The second kappa shape index (κ2) is 6.02. The maximum atomic E-state index is 13.5. The number of aryl methyl sites for hydroxylation is 1. The summed E-state index contributed by atoms with van der Waals surface area (Å²) in [6, 6.07) is 4.06. The Bertz CT molecular complexity index is 1140. The summed E-state index contributed by atoms with van der Waals surface area (Å²) < 4.78 is 28.7. The first-order valence-electron chi connectivity index (χ1n) is 10.3. The van der Waals surface area contributed by atoms with E-state index in [2.05, 4.69) is 26.0 Å². The Kier molecular flexibility index (Phi) is 3.58. The van der Waals surface area contributed by atoms with Crippen molar-refractivity contribution in [1.29, 1.82) is 0 Å². The minimum absolute atomic E-state index is 0.00685. The van der Waals surface area contributed by atoms with Gasteiger partial charge in [-0.2, -0.15) is 5.10 Å². The van der Waals surface area contributed by atoms with Crippen LogP contribution in [0, 0.1) is 5.92 Å². The molecule has 0 aromatic carbocycles. The van der Waals surface area contributed by atoms with Gasteiger partial charge in [0, 0.05) is 67.7 Å². The third-order valence-electron chi connectivity index (χ3n) is 6.73. The van der Waals surface area contributed by atoms with Crippen LogP contribution in [0.1, 0.15) is 19.3 Å². The zero-order valence-corrected chi connectivity index (χ0v) is 16.6.